The van der Waals surface area contributed by atoms with Gasteiger partial charge in [-0.1, -0.05) is 185 Å². The van der Waals surface area contributed by atoms with E-state index in [1.807, 2.05) is 11.3 Å². The first-order chi connectivity index (χ1) is 29.8. The van der Waals surface area contributed by atoms with Crippen molar-refractivity contribution in [1.29, 1.82) is 0 Å². The molecule has 0 spiro atoms. The molecule has 0 saturated carbocycles. The Kier molecular flexibility index (Phi) is 7.11. The third-order valence-corrected chi connectivity index (χ3v) is 15.6. The molecule has 0 fully saturated rings. The number of fused-ring (bicyclic) bond motifs is 15. The molecule has 1 aromatic heterocycles. The molecule has 61 heavy (non-hydrogen) atoms. The molecule has 1 heterocycles. The Morgan fingerprint density at radius 3 is 1.49 bits per heavy atom. The zero-order chi connectivity index (χ0) is 40.8. The van der Waals surface area contributed by atoms with Gasteiger partial charge in [0.05, 0.1) is 0 Å². The molecule has 10 aromatic carbocycles. The van der Waals surface area contributed by atoms with Gasteiger partial charge in [-0.05, 0) is 129 Å². The van der Waals surface area contributed by atoms with E-state index in [4.69, 9.17) is 0 Å². The van der Waals surface area contributed by atoms with Crippen LogP contribution >= 0.6 is 11.3 Å². The van der Waals surface area contributed by atoms with Crippen molar-refractivity contribution in [3.05, 3.63) is 204 Å². The van der Waals surface area contributed by atoms with E-state index >= 15 is 0 Å². The van der Waals surface area contributed by atoms with E-state index in [0.29, 0.717) is 0 Å². The van der Waals surface area contributed by atoms with E-state index in [2.05, 4.69) is 210 Å². The lowest BCUT2D eigenvalue weighted by atomic mass is 9.78. The van der Waals surface area contributed by atoms with Crippen molar-refractivity contribution in [2.45, 2.75) is 38.5 Å². The highest BCUT2D eigenvalue weighted by Crippen LogP contribution is 2.58. The van der Waals surface area contributed by atoms with Crippen molar-refractivity contribution in [2.75, 3.05) is 0 Å². The number of hydrogen-bond acceptors (Lipinski definition) is 1. The standard InChI is InChI=1S/C60H42S/c1-59(2)49-31-28-38(54-42-20-10-8-18-40(42)53(35-16-6-5-7-17-35)41-19-9-11-21-43(41)54)32-48(49)39-29-26-36(33-50(39)59)37-27-30-46-51(34-37)60(3,4)57-45-23-13-12-22-44(45)55-47-24-14-15-25-52(47)61-58(55)56(46)57/h5-34H,1-4H3. The molecule has 0 saturated heterocycles. The van der Waals surface area contributed by atoms with Crippen molar-refractivity contribution in [3.8, 4) is 55.6 Å². The van der Waals surface area contributed by atoms with E-state index in [1.165, 1.54) is 130 Å². The van der Waals surface area contributed by atoms with Crippen molar-refractivity contribution >= 4 is 63.8 Å². The summed E-state index contributed by atoms with van der Waals surface area (Å²) >= 11 is 1.95. The van der Waals surface area contributed by atoms with Crippen LogP contribution in [-0.2, 0) is 10.8 Å². The molecule has 11 aromatic rings. The maximum atomic E-state index is 2.51. The molecule has 0 bridgehead atoms. The summed E-state index contributed by atoms with van der Waals surface area (Å²) in [6.07, 6.45) is 0. The molecular formula is C60H42S. The molecule has 2 aliphatic rings. The minimum absolute atomic E-state index is 0.140. The summed E-state index contributed by atoms with van der Waals surface area (Å²) in [5.41, 5.74) is 18.5. The smallest absolute Gasteiger partial charge is 0.0443 e. The predicted octanol–water partition coefficient (Wildman–Crippen LogP) is 17.1. The monoisotopic (exact) mass is 794 g/mol. The van der Waals surface area contributed by atoms with Gasteiger partial charge in [0.25, 0.3) is 0 Å². The Hall–Kier alpha value is -6.80. The molecule has 0 radical (unpaired) electrons. The van der Waals surface area contributed by atoms with Gasteiger partial charge < -0.3 is 0 Å². The van der Waals surface area contributed by atoms with Crippen LogP contribution in [0.1, 0.15) is 49.9 Å². The van der Waals surface area contributed by atoms with E-state index in [-0.39, 0.29) is 10.8 Å². The summed E-state index contributed by atoms with van der Waals surface area (Å²) < 4.78 is 2.77. The van der Waals surface area contributed by atoms with Gasteiger partial charge in [0.1, 0.15) is 0 Å². The molecule has 13 rings (SSSR count). The highest BCUT2D eigenvalue weighted by Gasteiger charge is 2.40. The molecule has 288 valence electrons. The van der Waals surface area contributed by atoms with Gasteiger partial charge in [-0.15, -0.1) is 11.3 Å². The predicted molar refractivity (Wildman–Crippen MR) is 263 cm³/mol. The molecule has 0 unspecified atom stereocenters. The van der Waals surface area contributed by atoms with Gasteiger partial charge in [0.2, 0.25) is 0 Å². The summed E-state index contributed by atoms with van der Waals surface area (Å²) in [5.74, 6) is 0. The van der Waals surface area contributed by atoms with Crippen LogP contribution in [0, 0.1) is 0 Å². The summed E-state index contributed by atoms with van der Waals surface area (Å²) in [6.45, 7) is 9.69. The molecular weight excluding hydrogens is 753 g/mol. The highest BCUT2D eigenvalue weighted by molar-refractivity contribution is 7.26. The van der Waals surface area contributed by atoms with Crippen LogP contribution in [0.4, 0.5) is 0 Å². The molecule has 0 N–H and O–H groups in total. The quantitative estimate of drug-likeness (QED) is 0.156. The molecule has 0 amide bonds. The second-order valence-corrected chi connectivity index (χ2v) is 19.4. The number of benzene rings is 10. The second kappa shape index (κ2) is 12.4. The zero-order valence-corrected chi connectivity index (χ0v) is 35.5. The van der Waals surface area contributed by atoms with Crippen LogP contribution in [0.2, 0.25) is 0 Å². The lowest BCUT2D eigenvalue weighted by Crippen LogP contribution is -2.16. The molecule has 0 aliphatic heterocycles. The topological polar surface area (TPSA) is 0 Å². The van der Waals surface area contributed by atoms with Gasteiger partial charge in [0.15, 0.2) is 0 Å². The lowest BCUT2D eigenvalue weighted by Gasteiger charge is -2.24. The SMILES string of the molecule is CC1(C)c2ccc(-c3c4ccccc4c(-c4ccccc4)c4ccccc34)cc2-c2ccc(-c3ccc4c(c3)C(C)(C)c3c-4c4sc5ccccc5c4c4ccccc34)cc21. The van der Waals surface area contributed by atoms with Gasteiger partial charge in [0, 0.05) is 36.6 Å². The van der Waals surface area contributed by atoms with Crippen LogP contribution in [0.3, 0.4) is 0 Å². The van der Waals surface area contributed by atoms with Crippen LogP contribution in [0.5, 0.6) is 0 Å². The summed E-state index contributed by atoms with van der Waals surface area (Å²) in [7, 11) is 0. The minimum Gasteiger partial charge on any atom is -0.134 e. The van der Waals surface area contributed by atoms with Crippen LogP contribution in [-0.4, -0.2) is 0 Å². The largest absolute Gasteiger partial charge is 0.134 e. The molecule has 0 nitrogen and oxygen atoms in total. The number of rotatable bonds is 3. The minimum atomic E-state index is -0.152. The molecule has 0 atom stereocenters. The first-order valence-electron chi connectivity index (χ1n) is 21.6. The summed E-state index contributed by atoms with van der Waals surface area (Å²) in [6, 6.07) is 68.7. The van der Waals surface area contributed by atoms with Crippen molar-refractivity contribution < 1.29 is 0 Å². The van der Waals surface area contributed by atoms with Crippen LogP contribution in [0.15, 0.2) is 182 Å². The van der Waals surface area contributed by atoms with E-state index in [0.717, 1.165) is 0 Å². The Labute approximate surface area is 360 Å². The van der Waals surface area contributed by atoms with Crippen molar-refractivity contribution in [1.82, 2.24) is 0 Å². The fourth-order valence-corrected chi connectivity index (χ4v) is 12.9. The highest BCUT2D eigenvalue weighted by atomic mass is 32.1. The van der Waals surface area contributed by atoms with Crippen LogP contribution in [0.25, 0.3) is 108 Å². The number of hydrogen-bond donors (Lipinski definition) is 0. The average molecular weight is 795 g/mol. The molecule has 2 aliphatic carbocycles. The van der Waals surface area contributed by atoms with E-state index < -0.39 is 0 Å². The fraction of sp³-hybridized carbons (Fsp3) is 0.100. The first kappa shape index (κ1) is 35.0. The summed E-state index contributed by atoms with van der Waals surface area (Å²) in [4.78, 5) is 0. The van der Waals surface area contributed by atoms with Gasteiger partial charge >= 0.3 is 0 Å². The fourth-order valence-electron chi connectivity index (χ4n) is 11.6. The maximum Gasteiger partial charge on any atom is 0.0443 e. The second-order valence-electron chi connectivity index (χ2n) is 18.3. The van der Waals surface area contributed by atoms with Crippen LogP contribution < -0.4 is 0 Å². The van der Waals surface area contributed by atoms with Gasteiger partial charge in [-0.2, -0.15) is 0 Å². The van der Waals surface area contributed by atoms with Gasteiger partial charge in [-0.25, -0.2) is 0 Å². The van der Waals surface area contributed by atoms with E-state index in [9.17, 15) is 0 Å². The Bertz CT molecular complexity index is 3630. The third-order valence-electron chi connectivity index (χ3n) is 14.4. The lowest BCUT2D eigenvalue weighted by molar-refractivity contribution is 0.660. The van der Waals surface area contributed by atoms with Gasteiger partial charge in [-0.3, -0.25) is 0 Å². The van der Waals surface area contributed by atoms with E-state index in [1.54, 1.807) is 0 Å². The Balaban J connectivity index is 0.955. The Morgan fingerprint density at radius 2 is 0.836 bits per heavy atom. The maximum absolute atomic E-state index is 2.51. The Morgan fingerprint density at radius 1 is 0.328 bits per heavy atom. The van der Waals surface area contributed by atoms with Crippen molar-refractivity contribution in [2.24, 2.45) is 0 Å². The third kappa shape index (κ3) is 4.70. The zero-order valence-electron chi connectivity index (χ0n) is 34.7. The molecule has 1 heteroatoms. The van der Waals surface area contributed by atoms with Crippen molar-refractivity contribution in [3.63, 3.8) is 0 Å². The average Bonchev–Trinajstić information content (AvgIpc) is 3.88. The summed E-state index contributed by atoms with van der Waals surface area (Å²) in [5, 5.41) is 10.7. The normalized spacial score (nSPS) is 14.5. The first-order valence-corrected chi connectivity index (χ1v) is 22.4. The number of thiophene rings is 1.